The van der Waals surface area contributed by atoms with Gasteiger partial charge in [-0.05, 0) is 24.3 Å². The lowest BCUT2D eigenvalue weighted by atomic mass is 10.2. The predicted octanol–water partition coefficient (Wildman–Crippen LogP) is 2.20. The first-order valence-corrected chi connectivity index (χ1v) is 5.07. The Morgan fingerprint density at radius 3 is 2.72 bits per heavy atom. The summed E-state index contributed by atoms with van der Waals surface area (Å²) in [7, 11) is 0. The second-order valence-electron chi connectivity index (χ2n) is 3.43. The van der Waals surface area contributed by atoms with Crippen LogP contribution in [0.5, 0.6) is 11.6 Å². The Labute approximate surface area is 104 Å². The molecular weight excluding hydrogens is 228 g/mol. The minimum Gasteiger partial charge on any atom is -0.437 e. The maximum atomic E-state index is 8.83. The zero-order valence-corrected chi connectivity index (χ0v) is 9.29. The van der Waals surface area contributed by atoms with Crippen LogP contribution >= 0.6 is 0 Å². The quantitative estimate of drug-likeness (QED) is 0.862. The summed E-state index contributed by atoms with van der Waals surface area (Å²) >= 11 is 0. The van der Waals surface area contributed by atoms with Crippen LogP contribution in [-0.2, 0) is 0 Å². The van der Waals surface area contributed by atoms with E-state index in [0.29, 0.717) is 16.9 Å². The fourth-order valence-electron chi connectivity index (χ4n) is 1.37. The van der Waals surface area contributed by atoms with Crippen LogP contribution < -0.4 is 10.5 Å². The molecule has 0 saturated carbocycles. The summed E-state index contributed by atoms with van der Waals surface area (Å²) in [5.41, 5.74) is 6.70. The number of aromatic nitrogens is 1. The molecule has 2 N–H and O–H groups in total. The van der Waals surface area contributed by atoms with Crippen LogP contribution in [0.25, 0.3) is 0 Å². The van der Waals surface area contributed by atoms with Crippen molar-refractivity contribution in [1.29, 1.82) is 10.5 Å². The van der Waals surface area contributed by atoms with Crippen molar-refractivity contribution in [1.82, 2.24) is 4.98 Å². The molecule has 0 unspecified atom stereocenters. The number of hydrogen-bond acceptors (Lipinski definition) is 5. The molecule has 5 heteroatoms. The molecule has 0 aliphatic rings. The highest BCUT2D eigenvalue weighted by Gasteiger charge is 2.08. The molecular formula is C13H8N4O. The molecule has 1 aromatic heterocycles. The summed E-state index contributed by atoms with van der Waals surface area (Å²) in [5.74, 6) is 0.604. The van der Waals surface area contributed by atoms with Crippen LogP contribution in [0.2, 0.25) is 0 Å². The fraction of sp³-hybridized carbons (Fsp3) is 0. The summed E-state index contributed by atoms with van der Waals surface area (Å²) in [6.07, 6.45) is 1.44. The first-order chi connectivity index (χ1) is 8.74. The van der Waals surface area contributed by atoms with Crippen molar-refractivity contribution in [2.45, 2.75) is 0 Å². The molecule has 0 aliphatic carbocycles. The number of anilines is 1. The SMILES string of the molecule is N#Cc1cccc(Oc2nccc(C#N)c2N)c1. The second kappa shape index (κ2) is 4.86. The number of nitrogens with zero attached hydrogens (tertiary/aromatic N) is 3. The van der Waals surface area contributed by atoms with Crippen molar-refractivity contribution in [3.63, 3.8) is 0 Å². The molecule has 0 amide bonds. The smallest absolute Gasteiger partial charge is 0.244 e. The van der Waals surface area contributed by atoms with E-state index < -0.39 is 0 Å². The number of nitriles is 2. The Morgan fingerprint density at radius 1 is 1.17 bits per heavy atom. The number of rotatable bonds is 2. The van der Waals surface area contributed by atoms with Gasteiger partial charge in [0, 0.05) is 6.20 Å². The van der Waals surface area contributed by atoms with E-state index in [1.165, 1.54) is 12.3 Å². The van der Waals surface area contributed by atoms with Gasteiger partial charge in [-0.3, -0.25) is 0 Å². The van der Waals surface area contributed by atoms with Gasteiger partial charge in [-0.1, -0.05) is 6.07 Å². The van der Waals surface area contributed by atoms with E-state index in [0.717, 1.165) is 0 Å². The number of benzene rings is 1. The summed E-state index contributed by atoms with van der Waals surface area (Å²) in [6.45, 7) is 0. The minimum atomic E-state index is 0.157. The molecule has 2 aromatic rings. The number of ether oxygens (including phenoxy) is 1. The maximum Gasteiger partial charge on any atom is 0.244 e. The highest BCUT2D eigenvalue weighted by molar-refractivity contribution is 5.60. The van der Waals surface area contributed by atoms with Gasteiger partial charge >= 0.3 is 0 Å². The van der Waals surface area contributed by atoms with Crippen LogP contribution in [0.1, 0.15) is 11.1 Å². The van der Waals surface area contributed by atoms with Gasteiger partial charge in [0.05, 0.1) is 17.2 Å². The van der Waals surface area contributed by atoms with Gasteiger partial charge in [-0.15, -0.1) is 0 Å². The van der Waals surface area contributed by atoms with E-state index >= 15 is 0 Å². The molecule has 0 aliphatic heterocycles. The molecule has 18 heavy (non-hydrogen) atoms. The van der Waals surface area contributed by atoms with Crippen LogP contribution in [-0.4, -0.2) is 4.98 Å². The van der Waals surface area contributed by atoms with Crippen molar-refractivity contribution in [3.05, 3.63) is 47.7 Å². The zero-order chi connectivity index (χ0) is 13.0. The van der Waals surface area contributed by atoms with Crippen molar-refractivity contribution in [3.8, 4) is 23.8 Å². The molecule has 1 heterocycles. The average molecular weight is 236 g/mol. The molecule has 0 bridgehead atoms. The lowest BCUT2D eigenvalue weighted by Gasteiger charge is -2.07. The van der Waals surface area contributed by atoms with Gasteiger partial charge < -0.3 is 10.5 Å². The van der Waals surface area contributed by atoms with Crippen molar-refractivity contribution in [2.24, 2.45) is 0 Å². The molecule has 1 aromatic carbocycles. The van der Waals surface area contributed by atoms with Gasteiger partial charge in [0.15, 0.2) is 0 Å². The maximum absolute atomic E-state index is 8.83. The highest BCUT2D eigenvalue weighted by Crippen LogP contribution is 2.27. The monoisotopic (exact) mass is 236 g/mol. The molecule has 0 fully saturated rings. The van der Waals surface area contributed by atoms with E-state index in [9.17, 15) is 0 Å². The van der Waals surface area contributed by atoms with Crippen molar-refractivity contribution >= 4 is 5.69 Å². The predicted molar refractivity (Wildman–Crippen MR) is 64.6 cm³/mol. The Bertz CT molecular complexity index is 667. The molecule has 86 valence electrons. The Hall–Kier alpha value is -3.05. The van der Waals surface area contributed by atoms with E-state index in [-0.39, 0.29) is 11.6 Å². The third-order valence-corrected chi connectivity index (χ3v) is 2.25. The largest absolute Gasteiger partial charge is 0.437 e. The zero-order valence-electron chi connectivity index (χ0n) is 9.29. The molecule has 0 spiro atoms. The number of nitrogen functional groups attached to an aromatic ring is 1. The van der Waals surface area contributed by atoms with E-state index in [1.54, 1.807) is 24.3 Å². The number of hydrogen-bond donors (Lipinski definition) is 1. The highest BCUT2D eigenvalue weighted by atomic mass is 16.5. The number of pyridine rings is 1. The molecule has 5 nitrogen and oxygen atoms in total. The normalized spacial score (nSPS) is 9.22. The van der Waals surface area contributed by atoms with E-state index in [1.807, 2.05) is 12.1 Å². The Morgan fingerprint density at radius 2 is 2.00 bits per heavy atom. The standard InChI is InChI=1S/C13H8N4O/c14-7-9-2-1-3-11(6-9)18-13-12(16)10(8-15)4-5-17-13/h1-6H,16H2. The van der Waals surface area contributed by atoms with Crippen molar-refractivity contribution < 1.29 is 4.74 Å². The van der Waals surface area contributed by atoms with Crippen molar-refractivity contribution in [2.75, 3.05) is 5.73 Å². The molecule has 0 saturated heterocycles. The first kappa shape index (κ1) is 11.4. The molecule has 0 radical (unpaired) electrons. The minimum absolute atomic E-state index is 0.157. The average Bonchev–Trinajstić information content (AvgIpc) is 2.41. The van der Waals surface area contributed by atoms with Gasteiger partial charge in [0.1, 0.15) is 17.5 Å². The molecule has 2 rings (SSSR count). The third kappa shape index (κ3) is 2.21. The first-order valence-electron chi connectivity index (χ1n) is 5.07. The Balaban J connectivity index is 2.35. The third-order valence-electron chi connectivity index (χ3n) is 2.25. The van der Waals surface area contributed by atoms with Crippen LogP contribution in [0.15, 0.2) is 36.5 Å². The molecule has 0 atom stereocenters. The van der Waals surface area contributed by atoms with Gasteiger partial charge in [0.2, 0.25) is 5.88 Å². The van der Waals surface area contributed by atoms with Gasteiger partial charge in [-0.2, -0.15) is 10.5 Å². The van der Waals surface area contributed by atoms with Crippen LogP contribution in [0.4, 0.5) is 5.69 Å². The lowest BCUT2D eigenvalue weighted by Crippen LogP contribution is -1.97. The number of nitrogens with two attached hydrogens (primary N) is 1. The van der Waals surface area contributed by atoms with Crippen LogP contribution in [0.3, 0.4) is 0 Å². The summed E-state index contributed by atoms with van der Waals surface area (Å²) < 4.78 is 5.46. The second-order valence-corrected chi connectivity index (χ2v) is 3.43. The fourth-order valence-corrected chi connectivity index (χ4v) is 1.37. The summed E-state index contributed by atoms with van der Waals surface area (Å²) in [6, 6.07) is 12.1. The summed E-state index contributed by atoms with van der Waals surface area (Å²) in [4.78, 5) is 3.96. The van der Waals surface area contributed by atoms with E-state index in [4.69, 9.17) is 21.0 Å². The van der Waals surface area contributed by atoms with Gasteiger partial charge in [-0.25, -0.2) is 4.98 Å². The van der Waals surface area contributed by atoms with Gasteiger partial charge in [0.25, 0.3) is 0 Å². The summed E-state index contributed by atoms with van der Waals surface area (Å²) in [5, 5.41) is 17.6. The Kier molecular flexibility index (Phi) is 3.08. The lowest BCUT2D eigenvalue weighted by molar-refractivity contribution is 0.465. The topological polar surface area (TPSA) is 95.7 Å². The van der Waals surface area contributed by atoms with E-state index in [2.05, 4.69) is 4.98 Å². The van der Waals surface area contributed by atoms with Crippen LogP contribution in [0, 0.1) is 22.7 Å².